The Bertz CT molecular complexity index is 807. The number of rotatable bonds is 1. The van der Waals surface area contributed by atoms with Crippen molar-refractivity contribution in [1.29, 1.82) is 0 Å². The highest BCUT2D eigenvalue weighted by Crippen LogP contribution is 2.16. The molecule has 0 atom stereocenters. The average Bonchev–Trinajstić information content (AvgIpc) is 2.41. The monoisotopic (exact) mass is 258 g/mol. The molecule has 3 rings (SSSR count). The number of fused-ring (bicyclic) bond motifs is 1. The molecule has 2 aromatic carbocycles. The predicted octanol–water partition coefficient (Wildman–Crippen LogP) is 2.66. The highest BCUT2D eigenvalue weighted by molar-refractivity contribution is 5.80. The van der Waals surface area contributed by atoms with E-state index in [2.05, 4.69) is 5.10 Å². The fourth-order valence-corrected chi connectivity index (χ4v) is 1.94. The first-order chi connectivity index (χ1) is 9.18. The van der Waals surface area contributed by atoms with Gasteiger partial charge in [0.05, 0.1) is 11.6 Å². The Hall–Kier alpha value is -2.56. The van der Waals surface area contributed by atoms with Crippen molar-refractivity contribution < 1.29 is 8.78 Å². The SMILES string of the molecule is O=c1c2ccccc2cnn1-c1c(F)cccc1F. The van der Waals surface area contributed by atoms with E-state index in [1.165, 1.54) is 12.3 Å². The Morgan fingerprint density at radius 3 is 2.37 bits per heavy atom. The molecule has 0 amide bonds. The fraction of sp³-hybridized carbons (Fsp3) is 0. The molecule has 3 aromatic rings. The summed E-state index contributed by atoms with van der Waals surface area (Å²) in [4.78, 5) is 12.2. The van der Waals surface area contributed by atoms with E-state index in [1.807, 2.05) is 0 Å². The maximum Gasteiger partial charge on any atom is 0.279 e. The van der Waals surface area contributed by atoms with Gasteiger partial charge in [-0.1, -0.05) is 24.3 Å². The van der Waals surface area contributed by atoms with Crippen LogP contribution in [0.1, 0.15) is 0 Å². The Morgan fingerprint density at radius 2 is 1.63 bits per heavy atom. The largest absolute Gasteiger partial charge is 0.279 e. The third-order valence-electron chi connectivity index (χ3n) is 2.85. The van der Waals surface area contributed by atoms with Crippen molar-refractivity contribution >= 4 is 10.8 Å². The smallest absolute Gasteiger partial charge is 0.267 e. The van der Waals surface area contributed by atoms with Crippen LogP contribution in [-0.2, 0) is 0 Å². The van der Waals surface area contributed by atoms with E-state index in [1.54, 1.807) is 24.3 Å². The van der Waals surface area contributed by atoms with Gasteiger partial charge < -0.3 is 0 Å². The second-order valence-corrected chi connectivity index (χ2v) is 4.02. The molecule has 1 heterocycles. The van der Waals surface area contributed by atoms with Crippen LogP contribution in [0.5, 0.6) is 0 Å². The number of benzene rings is 2. The average molecular weight is 258 g/mol. The van der Waals surface area contributed by atoms with Gasteiger partial charge in [-0.05, 0) is 18.2 Å². The molecule has 94 valence electrons. The van der Waals surface area contributed by atoms with Gasteiger partial charge in [-0.3, -0.25) is 4.79 Å². The maximum absolute atomic E-state index is 13.7. The highest BCUT2D eigenvalue weighted by Gasteiger charge is 2.14. The summed E-state index contributed by atoms with van der Waals surface area (Å²) < 4.78 is 28.1. The number of hydrogen-bond acceptors (Lipinski definition) is 2. The van der Waals surface area contributed by atoms with E-state index < -0.39 is 22.9 Å². The quantitative estimate of drug-likeness (QED) is 0.672. The molecule has 19 heavy (non-hydrogen) atoms. The second-order valence-electron chi connectivity index (χ2n) is 4.02. The van der Waals surface area contributed by atoms with Gasteiger partial charge in [-0.25, -0.2) is 8.78 Å². The van der Waals surface area contributed by atoms with Gasteiger partial charge in [-0.15, -0.1) is 0 Å². The lowest BCUT2D eigenvalue weighted by Crippen LogP contribution is -2.23. The molecule has 0 radical (unpaired) electrons. The van der Waals surface area contributed by atoms with E-state index in [-0.39, 0.29) is 0 Å². The number of hydrogen-bond donors (Lipinski definition) is 0. The first kappa shape index (κ1) is 11.5. The lowest BCUT2D eigenvalue weighted by molar-refractivity contribution is 0.555. The van der Waals surface area contributed by atoms with Crippen molar-refractivity contribution in [1.82, 2.24) is 9.78 Å². The summed E-state index contributed by atoms with van der Waals surface area (Å²) in [5.41, 5.74) is -1.01. The van der Waals surface area contributed by atoms with Gasteiger partial charge >= 0.3 is 0 Å². The molecule has 0 saturated carbocycles. The van der Waals surface area contributed by atoms with Crippen LogP contribution in [0.2, 0.25) is 0 Å². The molecule has 0 aliphatic heterocycles. The van der Waals surface area contributed by atoms with Crippen LogP contribution in [0, 0.1) is 11.6 Å². The van der Waals surface area contributed by atoms with E-state index in [0.29, 0.717) is 10.8 Å². The first-order valence-corrected chi connectivity index (χ1v) is 5.60. The van der Waals surface area contributed by atoms with Gasteiger partial charge in [-0.2, -0.15) is 9.78 Å². The predicted molar refractivity (Wildman–Crippen MR) is 67.3 cm³/mol. The molecule has 0 unspecified atom stereocenters. The summed E-state index contributed by atoms with van der Waals surface area (Å²) in [6.07, 6.45) is 1.41. The van der Waals surface area contributed by atoms with Gasteiger partial charge in [0.25, 0.3) is 5.56 Å². The number of para-hydroxylation sites is 1. The minimum atomic E-state index is -0.829. The topological polar surface area (TPSA) is 34.9 Å². The molecule has 3 nitrogen and oxygen atoms in total. The van der Waals surface area contributed by atoms with Crippen molar-refractivity contribution in [2.45, 2.75) is 0 Å². The van der Waals surface area contributed by atoms with Crippen LogP contribution >= 0.6 is 0 Å². The lowest BCUT2D eigenvalue weighted by Gasteiger charge is -2.07. The molecular formula is C14H8F2N2O. The number of nitrogens with zero attached hydrogens (tertiary/aromatic N) is 2. The van der Waals surface area contributed by atoms with Crippen molar-refractivity contribution in [3.05, 3.63) is 70.6 Å². The normalized spacial score (nSPS) is 10.8. The third-order valence-corrected chi connectivity index (χ3v) is 2.85. The highest BCUT2D eigenvalue weighted by atomic mass is 19.1. The van der Waals surface area contributed by atoms with E-state index in [9.17, 15) is 13.6 Å². The molecule has 0 bridgehead atoms. The Balaban J connectivity index is 2.39. The van der Waals surface area contributed by atoms with Crippen LogP contribution in [0.3, 0.4) is 0 Å². The summed E-state index contributed by atoms with van der Waals surface area (Å²) in [6, 6.07) is 10.2. The summed E-state index contributed by atoms with van der Waals surface area (Å²) in [7, 11) is 0. The summed E-state index contributed by atoms with van der Waals surface area (Å²) in [6.45, 7) is 0. The Kier molecular flexibility index (Phi) is 2.59. The summed E-state index contributed by atoms with van der Waals surface area (Å²) in [5.74, 6) is -1.66. The minimum absolute atomic E-state index is 0.361. The van der Waals surface area contributed by atoms with E-state index >= 15 is 0 Å². The maximum atomic E-state index is 13.7. The Morgan fingerprint density at radius 1 is 0.947 bits per heavy atom. The van der Waals surface area contributed by atoms with Crippen molar-refractivity contribution in [2.75, 3.05) is 0 Å². The number of halogens is 2. The van der Waals surface area contributed by atoms with Crippen LogP contribution in [0.25, 0.3) is 16.5 Å². The van der Waals surface area contributed by atoms with Crippen LogP contribution in [0.15, 0.2) is 53.5 Å². The van der Waals surface area contributed by atoms with Crippen LogP contribution < -0.4 is 5.56 Å². The fourth-order valence-electron chi connectivity index (χ4n) is 1.94. The second kappa shape index (κ2) is 4.28. The molecule has 0 fully saturated rings. The molecule has 0 spiro atoms. The Labute approximate surface area is 106 Å². The summed E-state index contributed by atoms with van der Waals surface area (Å²) >= 11 is 0. The lowest BCUT2D eigenvalue weighted by atomic mass is 10.2. The molecule has 5 heteroatoms. The molecule has 1 aromatic heterocycles. The van der Waals surface area contributed by atoms with Crippen LogP contribution in [-0.4, -0.2) is 9.78 Å². The van der Waals surface area contributed by atoms with Crippen molar-refractivity contribution in [3.63, 3.8) is 0 Å². The van der Waals surface area contributed by atoms with E-state index in [4.69, 9.17) is 0 Å². The third kappa shape index (κ3) is 1.79. The number of aromatic nitrogens is 2. The van der Waals surface area contributed by atoms with Gasteiger partial charge in [0.1, 0.15) is 5.69 Å². The standard InChI is InChI=1S/C14H8F2N2O/c15-11-6-3-7-12(16)13(11)18-14(19)10-5-2-1-4-9(10)8-17-18/h1-8H. The molecule has 0 aliphatic carbocycles. The van der Waals surface area contributed by atoms with Gasteiger partial charge in [0.2, 0.25) is 0 Å². The molecule has 0 N–H and O–H groups in total. The zero-order valence-electron chi connectivity index (χ0n) is 9.68. The summed E-state index contributed by atoms with van der Waals surface area (Å²) in [5, 5.41) is 4.81. The van der Waals surface area contributed by atoms with Gasteiger partial charge in [0, 0.05) is 5.39 Å². The molecular weight excluding hydrogens is 250 g/mol. The van der Waals surface area contributed by atoms with E-state index in [0.717, 1.165) is 16.8 Å². The molecule has 0 aliphatic rings. The van der Waals surface area contributed by atoms with Gasteiger partial charge in [0.15, 0.2) is 11.6 Å². The van der Waals surface area contributed by atoms with Crippen molar-refractivity contribution in [3.8, 4) is 5.69 Å². The zero-order chi connectivity index (χ0) is 13.4. The zero-order valence-corrected chi connectivity index (χ0v) is 9.68. The van der Waals surface area contributed by atoms with Crippen LogP contribution in [0.4, 0.5) is 8.78 Å². The minimum Gasteiger partial charge on any atom is -0.267 e. The molecule has 0 saturated heterocycles. The van der Waals surface area contributed by atoms with Crippen molar-refractivity contribution in [2.24, 2.45) is 0 Å². The first-order valence-electron chi connectivity index (χ1n) is 5.60.